The van der Waals surface area contributed by atoms with Crippen LogP contribution in [0.2, 0.25) is 0 Å². The van der Waals surface area contributed by atoms with Crippen LogP contribution in [0.1, 0.15) is 44.9 Å². The summed E-state index contributed by atoms with van der Waals surface area (Å²) in [6, 6.07) is 3.58. The molecule has 2 aromatic rings. The molecule has 37 heavy (non-hydrogen) atoms. The normalized spacial score (nSPS) is 31.4. The molecule has 2 bridgehead atoms. The second-order valence-electron chi connectivity index (χ2n) is 10.6. The third-order valence-electron chi connectivity index (χ3n) is 8.22. The van der Waals surface area contributed by atoms with E-state index in [1.807, 2.05) is 13.0 Å². The van der Waals surface area contributed by atoms with Crippen molar-refractivity contribution >= 4 is 5.97 Å². The van der Waals surface area contributed by atoms with E-state index in [-0.39, 0.29) is 20.2 Å². The van der Waals surface area contributed by atoms with Crippen molar-refractivity contribution in [2.75, 3.05) is 27.3 Å². The summed E-state index contributed by atoms with van der Waals surface area (Å²) in [6.45, 7) is 6.57. The predicted molar refractivity (Wildman–Crippen MR) is 128 cm³/mol. The quantitative estimate of drug-likeness (QED) is 0.549. The van der Waals surface area contributed by atoms with E-state index in [2.05, 4.69) is 0 Å². The molecule has 1 unspecified atom stereocenters. The Balaban J connectivity index is 1.77. The minimum absolute atomic E-state index is 0.0183. The first-order valence-corrected chi connectivity index (χ1v) is 12.3. The highest BCUT2D eigenvalue weighted by atomic mass is 16.7. The zero-order valence-electron chi connectivity index (χ0n) is 21.4. The van der Waals surface area contributed by atoms with Crippen LogP contribution < -0.4 is 28.4 Å². The lowest BCUT2D eigenvalue weighted by atomic mass is 9.73. The highest BCUT2D eigenvalue weighted by molar-refractivity contribution is 5.90. The van der Waals surface area contributed by atoms with Gasteiger partial charge in [0.25, 0.3) is 0 Å². The van der Waals surface area contributed by atoms with Crippen molar-refractivity contribution in [2.45, 2.75) is 51.4 Å². The number of carbonyl (C=O) groups excluding carboxylic acids is 1. The fourth-order valence-electron chi connectivity index (χ4n) is 5.42. The molecule has 5 atom stereocenters. The molecule has 2 N–H and O–H groups in total. The third kappa shape index (κ3) is 3.35. The standard InChI is InChI=1S/C27H30O10/c1-12-6-14-7-16-21(36-10-33-16)23-18(14)19-15(8-17-20(22(19)31-5)35-11-34-17)24(26(12,3)29)37-25(28)27(4,30)13(2)9-32-23/h7-8,12-13,24,29-30H,6,9-11H2,1-5H3/t12-,13+,24?,26-,27+/m0/s1. The van der Waals surface area contributed by atoms with Crippen LogP contribution in [0, 0.1) is 11.8 Å². The fourth-order valence-corrected chi connectivity index (χ4v) is 5.42. The molecule has 3 heterocycles. The highest BCUT2D eigenvalue weighted by Crippen LogP contribution is 2.60. The van der Waals surface area contributed by atoms with Crippen LogP contribution in [0.5, 0.6) is 34.5 Å². The maximum absolute atomic E-state index is 13.5. The summed E-state index contributed by atoms with van der Waals surface area (Å²) in [5.74, 6) is 0.515. The van der Waals surface area contributed by atoms with Gasteiger partial charge in [0.05, 0.1) is 13.7 Å². The van der Waals surface area contributed by atoms with Gasteiger partial charge in [-0.1, -0.05) is 13.8 Å². The molecule has 198 valence electrons. The molecule has 6 rings (SSSR count). The lowest BCUT2D eigenvalue weighted by Gasteiger charge is -2.41. The second kappa shape index (κ2) is 8.06. The van der Waals surface area contributed by atoms with E-state index in [0.717, 1.165) is 5.56 Å². The van der Waals surface area contributed by atoms with Gasteiger partial charge in [-0.3, -0.25) is 0 Å². The summed E-state index contributed by atoms with van der Waals surface area (Å²) in [5.41, 5.74) is -1.02. The SMILES string of the molecule is COc1c2c(cc3c1-c1c4cc5c(c1OC[C@@H](C)[C@@](C)(O)C(=O)OC3[C@@](C)(O)[C@@H](C)C4)OCO5)OCO2. The van der Waals surface area contributed by atoms with Crippen molar-refractivity contribution in [3.05, 3.63) is 23.3 Å². The Hall–Kier alpha value is -3.37. The fraction of sp³-hybridized carbons (Fsp3) is 0.519. The van der Waals surface area contributed by atoms with Crippen LogP contribution >= 0.6 is 0 Å². The number of rotatable bonds is 1. The van der Waals surface area contributed by atoms with E-state index in [0.29, 0.717) is 57.6 Å². The van der Waals surface area contributed by atoms with Gasteiger partial charge >= 0.3 is 5.97 Å². The zero-order chi connectivity index (χ0) is 26.3. The molecule has 0 saturated heterocycles. The first-order chi connectivity index (χ1) is 17.6. The zero-order valence-corrected chi connectivity index (χ0v) is 21.4. The Morgan fingerprint density at radius 2 is 1.57 bits per heavy atom. The van der Waals surface area contributed by atoms with Gasteiger partial charge in [-0.25, -0.2) is 4.79 Å². The van der Waals surface area contributed by atoms with Crippen molar-refractivity contribution in [1.29, 1.82) is 0 Å². The van der Waals surface area contributed by atoms with Crippen LogP contribution in [0.15, 0.2) is 12.1 Å². The molecule has 10 nitrogen and oxygen atoms in total. The van der Waals surface area contributed by atoms with Crippen molar-refractivity contribution in [3.8, 4) is 45.6 Å². The molecule has 0 aromatic heterocycles. The summed E-state index contributed by atoms with van der Waals surface area (Å²) in [7, 11) is 1.51. The topological polar surface area (TPSA) is 122 Å². The van der Waals surface area contributed by atoms with Gasteiger partial charge in [0.15, 0.2) is 34.7 Å². The number of carbonyl (C=O) groups is 1. The van der Waals surface area contributed by atoms with E-state index in [1.54, 1.807) is 19.9 Å². The molecule has 0 fully saturated rings. The van der Waals surface area contributed by atoms with Crippen LogP contribution in [0.25, 0.3) is 11.1 Å². The third-order valence-corrected chi connectivity index (χ3v) is 8.22. The molecule has 1 aliphatic carbocycles. The van der Waals surface area contributed by atoms with Crippen LogP contribution in [0.4, 0.5) is 0 Å². The summed E-state index contributed by atoms with van der Waals surface area (Å²) in [6.07, 6.45) is -0.789. The molecule has 0 radical (unpaired) electrons. The van der Waals surface area contributed by atoms with Crippen LogP contribution in [-0.4, -0.2) is 54.7 Å². The number of hydrogen-bond acceptors (Lipinski definition) is 10. The Morgan fingerprint density at radius 3 is 2.27 bits per heavy atom. The van der Waals surface area contributed by atoms with Gasteiger partial charge in [-0.15, -0.1) is 0 Å². The van der Waals surface area contributed by atoms with E-state index in [9.17, 15) is 15.0 Å². The first kappa shape index (κ1) is 24.0. The maximum atomic E-state index is 13.5. The molecule has 0 amide bonds. The molecule has 0 saturated carbocycles. The minimum atomic E-state index is -1.91. The smallest absolute Gasteiger partial charge is 0.338 e. The van der Waals surface area contributed by atoms with Crippen LogP contribution in [0.3, 0.4) is 0 Å². The Bertz CT molecular complexity index is 1300. The van der Waals surface area contributed by atoms with E-state index < -0.39 is 35.1 Å². The lowest BCUT2D eigenvalue weighted by Crippen LogP contribution is -2.49. The lowest BCUT2D eigenvalue weighted by molar-refractivity contribution is -0.194. The largest absolute Gasteiger partial charge is 0.492 e. The molecular weight excluding hydrogens is 484 g/mol. The van der Waals surface area contributed by atoms with Gasteiger partial charge < -0.3 is 43.4 Å². The Labute approximate surface area is 213 Å². The average molecular weight is 515 g/mol. The predicted octanol–water partition coefficient (Wildman–Crippen LogP) is 3.13. The second-order valence-corrected chi connectivity index (χ2v) is 10.6. The average Bonchev–Trinajstić information content (AvgIpc) is 3.52. The number of hydrogen-bond donors (Lipinski definition) is 2. The van der Waals surface area contributed by atoms with Crippen molar-refractivity contribution in [1.82, 2.24) is 0 Å². The van der Waals surface area contributed by atoms with Crippen molar-refractivity contribution < 1.29 is 48.2 Å². The van der Waals surface area contributed by atoms with Gasteiger partial charge in [0, 0.05) is 22.6 Å². The number of fused-ring (bicyclic) bond motifs is 3. The number of benzene rings is 2. The van der Waals surface area contributed by atoms with E-state index in [4.69, 9.17) is 33.2 Å². The molecule has 2 aromatic carbocycles. The van der Waals surface area contributed by atoms with Gasteiger partial charge in [-0.2, -0.15) is 0 Å². The van der Waals surface area contributed by atoms with Crippen LogP contribution in [-0.2, 0) is 16.0 Å². The highest BCUT2D eigenvalue weighted by Gasteiger charge is 2.50. The maximum Gasteiger partial charge on any atom is 0.338 e. The number of aliphatic hydroxyl groups is 2. The van der Waals surface area contributed by atoms with Gasteiger partial charge in [0.2, 0.25) is 25.1 Å². The van der Waals surface area contributed by atoms with Crippen molar-refractivity contribution in [3.63, 3.8) is 0 Å². The Morgan fingerprint density at radius 1 is 0.892 bits per heavy atom. The summed E-state index contributed by atoms with van der Waals surface area (Å²) in [5, 5.41) is 23.2. The molecular formula is C27H30O10. The molecule has 10 heteroatoms. The van der Waals surface area contributed by atoms with E-state index in [1.165, 1.54) is 14.0 Å². The summed E-state index contributed by atoms with van der Waals surface area (Å²) >= 11 is 0. The number of esters is 1. The molecule has 4 aliphatic rings. The van der Waals surface area contributed by atoms with E-state index >= 15 is 0 Å². The first-order valence-electron chi connectivity index (χ1n) is 12.3. The Kier molecular flexibility index (Phi) is 5.23. The minimum Gasteiger partial charge on any atom is -0.492 e. The number of ether oxygens (including phenoxy) is 7. The summed E-state index contributed by atoms with van der Waals surface area (Å²) < 4.78 is 41.3. The molecule has 0 spiro atoms. The van der Waals surface area contributed by atoms with Gasteiger partial charge in [-0.05, 0) is 43.9 Å². The monoisotopic (exact) mass is 514 g/mol. The van der Waals surface area contributed by atoms with Crippen molar-refractivity contribution in [2.24, 2.45) is 11.8 Å². The summed E-state index contributed by atoms with van der Waals surface area (Å²) in [4.78, 5) is 13.5. The van der Waals surface area contributed by atoms with Gasteiger partial charge in [0.1, 0.15) is 5.60 Å². The number of methoxy groups -OCH3 is 1. The molecule has 3 aliphatic heterocycles.